The van der Waals surface area contributed by atoms with E-state index in [2.05, 4.69) is 5.32 Å². The Morgan fingerprint density at radius 3 is 2.82 bits per heavy atom. The van der Waals surface area contributed by atoms with E-state index in [9.17, 15) is 9.50 Å². The minimum absolute atomic E-state index is 0.287. The Morgan fingerprint density at radius 1 is 1.53 bits per heavy atom. The Bertz CT molecular complexity index is 404. The lowest BCUT2D eigenvalue weighted by molar-refractivity contribution is 0.0589. The standard InChI is InChI=1S/C13H17ClFNO/c1-13(17,8-16-11-4-5-11)7-9-2-3-10(14)6-12(9)15/h2-3,6,11,16-17H,4-5,7-8H2,1H3. The van der Waals surface area contributed by atoms with Crippen LogP contribution in [0, 0.1) is 5.82 Å². The summed E-state index contributed by atoms with van der Waals surface area (Å²) in [5.74, 6) is -0.357. The predicted molar refractivity (Wildman–Crippen MR) is 66.8 cm³/mol. The highest BCUT2D eigenvalue weighted by atomic mass is 35.5. The van der Waals surface area contributed by atoms with E-state index in [-0.39, 0.29) is 12.2 Å². The molecular formula is C13H17ClFNO. The molecule has 2 N–H and O–H groups in total. The molecule has 1 aliphatic rings. The van der Waals surface area contributed by atoms with Crippen LogP contribution in [-0.4, -0.2) is 23.3 Å². The number of nitrogens with one attached hydrogen (secondary N) is 1. The molecule has 0 amide bonds. The third kappa shape index (κ3) is 3.95. The molecule has 0 aromatic heterocycles. The zero-order chi connectivity index (χ0) is 12.5. The second kappa shape index (κ2) is 4.92. The lowest BCUT2D eigenvalue weighted by Crippen LogP contribution is -2.40. The van der Waals surface area contributed by atoms with Gasteiger partial charge in [0.1, 0.15) is 5.82 Å². The first-order chi connectivity index (χ1) is 7.96. The third-order valence-electron chi connectivity index (χ3n) is 2.94. The van der Waals surface area contributed by atoms with E-state index in [4.69, 9.17) is 11.6 Å². The van der Waals surface area contributed by atoms with Gasteiger partial charge < -0.3 is 10.4 Å². The number of hydrogen-bond donors (Lipinski definition) is 2. The number of rotatable bonds is 5. The molecule has 0 saturated heterocycles. The molecule has 1 unspecified atom stereocenters. The van der Waals surface area contributed by atoms with Gasteiger partial charge in [-0.2, -0.15) is 0 Å². The van der Waals surface area contributed by atoms with E-state index in [1.54, 1.807) is 19.1 Å². The van der Waals surface area contributed by atoms with Gasteiger partial charge in [-0.15, -0.1) is 0 Å². The van der Waals surface area contributed by atoms with Gasteiger partial charge in [0.25, 0.3) is 0 Å². The van der Waals surface area contributed by atoms with Gasteiger partial charge in [0.2, 0.25) is 0 Å². The summed E-state index contributed by atoms with van der Waals surface area (Å²) in [4.78, 5) is 0. The lowest BCUT2D eigenvalue weighted by Gasteiger charge is -2.24. The van der Waals surface area contributed by atoms with Crippen LogP contribution in [0.5, 0.6) is 0 Å². The van der Waals surface area contributed by atoms with Gasteiger partial charge >= 0.3 is 0 Å². The van der Waals surface area contributed by atoms with Gasteiger partial charge in [0, 0.05) is 24.0 Å². The largest absolute Gasteiger partial charge is 0.389 e. The third-order valence-corrected chi connectivity index (χ3v) is 3.17. The Balaban J connectivity index is 1.97. The van der Waals surface area contributed by atoms with Gasteiger partial charge in [0.05, 0.1) is 5.60 Å². The van der Waals surface area contributed by atoms with Crippen molar-refractivity contribution in [3.8, 4) is 0 Å². The summed E-state index contributed by atoms with van der Waals surface area (Å²) in [6, 6.07) is 5.09. The second-order valence-electron chi connectivity index (χ2n) is 5.06. The fourth-order valence-electron chi connectivity index (χ4n) is 1.79. The Labute approximate surface area is 106 Å². The van der Waals surface area contributed by atoms with Crippen LogP contribution in [0.1, 0.15) is 25.3 Å². The Hall–Kier alpha value is -0.640. The summed E-state index contributed by atoms with van der Waals surface area (Å²) in [7, 11) is 0. The minimum atomic E-state index is -0.933. The van der Waals surface area contributed by atoms with Gasteiger partial charge in [0.15, 0.2) is 0 Å². The Kier molecular flexibility index (Phi) is 3.71. The van der Waals surface area contributed by atoms with Crippen molar-refractivity contribution in [2.75, 3.05) is 6.54 Å². The maximum atomic E-state index is 13.6. The van der Waals surface area contributed by atoms with Crippen LogP contribution in [0.3, 0.4) is 0 Å². The van der Waals surface area contributed by atoms with Crippen molar-refractivity contribution in [2.45, 2.75) is 37.8 Å². The van der Waals surface area contributed by atoms with E-state index in [1.165, 1.54) is 18.9 Å². The number of aliphatic hydroxyl groups is 1. The predicted octanol–water partition coefficient (Wildman–Crippen LogP) is 2.52. The second-order valence-corrected chi connectivity index (χ2v) is 5.50. The number of halogens is 2. The molecule has 17 heavy (non-hydrogen) atoms. The van der Waals surface area contributed by atoms with E-state index in [0.717, 1.165) is 0 Å². The van der Waals surface area contributed by atoms with Crippen molar-refractivity contribution in [3.05, 3.63) is 34.6 Å². The molecule has 1 aromatic rings. The molecule has 1 atom stereocenters. The van der Waals surface area contributed by atoms with Gasteiger partial charge in [-0.3, -0.25) is 0 Å². The summed E-state index contributed by atoms with van der Waals surface area (Å²) in [5, 5.41) is 13.8. The summed E-state index contributed by atoms with van der Waals surface area (Å²) in [5.41, 5.74) is -0.436. The maximum Gasteiger partial charge on any atom is 0.127 e. The molecule has 0 spiro atoms. The van der Waals surface area contributed by atoms with Crippen molar-refractivity contribution in [1.82, 2.24) is 5.32 Å². The summed E-state index contributed by atoms with van der Waals surface area (Å²) >= 11 is 5.68. The van der Waals surface area contributed by atoms with Gasteiger partial charge in [-0.1, -0.05) is 17.7 Å². The molecule has 0 bridgehead atoms. The average Bonchev–Trinajstić information content (AvgIpc) is 3.03. The molecule has 94 valence electrons. The quantitative estimate of drug-likeness (QED) is 0.850. The monoisotopic (exact) mass is 257 g/mol. The van der Waals surface area contributed by atoms with Crippen LogP contribution in [0.2, 0.25) is 5.02 Å². The molecule has 1 saturated carbocycles. The van der Waals surface area contributed by atoms with E-state index in [1.807, 2.05) is 0 Å². The summed E-state index contributed by atoms with van der Waals surface area (Å²) in [6.07, 6.45) is 2.63. The lowest BCUT2D eigenvalue weighted by atomic mass is 9.96. The van der Waals surface area contributed by atoms with Crippen LogP contribution in [0.25, 0.3) is 0 Å². The molecule has 0 radical (unpaired) electrons. The fraction of sp³-hybridized carbons (Fsp3) is 0.538. The first kappa shape index (κ1) is 12.8. The highest BCUT2D eigenvalue weighted by Crippen LogP contribution is 2.22. The van der Waals surface area contributed by atoms with E-state index in [0.29, 0.717) is 23.2 Å². The highest BCUT2D eigenvalue weighted by molar-refractivity contribution is 6.30. The normalized spacial score (nSPS) is 19.1. The molecule has 1 aromatic carbocycles. The van der Waals surface area contributed by atoms with Crippen LogP contribution in [0.4, 0.5) is 4.39 Å². The zero-order valence-corrected chi connectivity index (χ0v) is 10.6. The summed E-state index contributed by atoms with van der Waals surface area (Å²) < 4.78 is 13.6. The van der Waals surface area contributed by atoms with Crippen LogP contribution in [-0.2, 0) is 6.42 Å². The first-order valence-electron chi connectivity index (χ1n) is 5.86. The van der Waals surface area contributed by atoms with Crippen LogP contribution < -0.4 is 5.32 Å². The van der Waals surface area contributed by atoms with Crippen LogP contribution >= 0.6 is 11.6 Å². The molecule has 2 nitrogen and oxygen atoms in total. The summed E-state index contributed by atoms with van der Waals surface area (Å²) in [6.45, 7) is 2.20. The topological polar surface area (TPSA) is 32.3 Å². The molecular weight excluding hydrogens is 241 g/mol. The maximum absolute atomic E-state index is 13.6. The van der Waals surface area contributed by atoms with Gasteiger partial charge in [-0.25, -0.2) is 4.39 Å². The fourth-order valence-corrected chi connectivity index (χ4v) is 1.95. The molecule has 0 heterocycles. The molecule has 0 aliphatic heterocycles. The number of benzene rings is 1. The first-order valence-corrected chi connectivity index (χ1v) is 6.24. The smallest absolute Gasteiger partial charge is 0.127 e. The Morgan fingerprint density at radius 2 is 2.24 bits per heavy atom. The highest BCUT2D eigenvalue weighted by Gasteiger charge is 2.27. The van der Waals surface area contributed by atoms with Crippen molar-refractivity contribution in [3.63, 3.8) is 0 Å². The minimum Gasteiger partial charge on any atom is -0.389 e. The van der Waals surface area contributed by atoms with Crippen molar-refractivity contribution in [2.24, 2.45) is 0 Å². The number of hydrogen-bond acceptors (Lipinski definition) is 2. The zero-order valence-electron chi connectivity index (χ0n) is 9.84. The average molecular weight is 258 g/mol. The van der Waals surface area contributed by atoms with Crippen molar-refractivity contribution >= 4 is 11.6 Å². The van der Waals surface area contributed by atoms with Crippen molar-refractivity contribution < 1.29 is 9.50 Å². The SMILES string of the molecule is CC(O)(CNC1CC1)Cc1ccc(Cl)cc1F. The molecule has 1 aliphatic carbocycles. The van der Waals surface area contributed by atoms with E-state index >= 15 is 0 Å². The van der Waals surface area contributed by atoms with Gasteiger partial charge in [-0.05, 0) is 37.5 Å². The van der Waals surface area contributed by atoms with Crippen LogP contribution in [0.15, 0.2) is 18.2 Å². The van der Waals surface area contributed by atoms with E-state index < -0.39 is 5.60 Å². The molecule has 2 rings (SSSR count). The molecule has 1 fully saturated rings. The molecule has 4 heteroatoms. The van der Waals surface area contributed by atoms with Crippen molar-refractivity contribution in [1.29, 1.82) is 0 Å².